The predicted molar refractivity (Wildman–Crippen MR) is 263 cm³/mol. The highest BCUT2D eigenvalue weighted by atomic mass is 16.5. The van der Waals surface area contributed by atoms with E-state index in [1.54, 1.807) is 0 Å². The maximum absolute atomic E-state index is 9.11. The molecule has 0 atom stereocenters. The molecule has 0 radical (unpaired) electrons. The zero-order valence-electron chi connectivity index (χ0n) is 37.5. The molecule has 2 N–H and O–H groups in total. The molecule has 330 valence electrons. The van der Waals surface area contributed by atoms with E-state index in [0.717, 1.165) is 33.8 Å². The molecule has 8 aromatic rings. The second kappa shape index (κ2) is 18.6. The maximum Gasteiger partial charge on any atom is 0.122 e. The Hall–Kier alpha value is -6.80. The predicted octanol–water partition coefficient (Wildman–Crippen LogP) is 11.5. The standard InChI is InChI=1S/C60H54O6/c1-41-39-47(27-29-57(41)65-37-35-63-33-31-61)59(53-15-7-3-11-49(53)50-12-4-8-16-54(50)59)45-23-19-43(20-24-45)44-21-25-46(26-22-44)60(48-28-30-58(42(2)40-48)66-38-36-64-34-32-62)55-17-9-5-13-51(55)52-14-6-10-18-56(52)60/h3-30,39-40,61-62H,31-38H2,1-2H3. The van der Waals surface area contributed by atoms with Crippen molar-refractivity contribution in [1.29, 1.82) is 0 Å². The van der Waals surface area contributed by atoms with Crippen LogP contribution in [0.4, 0.5) is 0 Å². The van der Waals surface area contributed by atoms with Crippen LogP contribution < -0.4 is 9.47 Å². The lowest BCUT2D eigenvalue weighted by Gasteiger charge is -2.35. The second-order valence-corrected chi connectivity index (χ2v) is 17.2. The summed E-state index contributed by atoms with van der Waals surface area (Å²) in [7, 11) is 0. The van der Waals surface area contributed by atoms with E-state index >= 15 is 0 Å². The summed E-state index contributed by atoms with van der Waals surface area (Å²) >= 11 is 0. The summed E-state index contributed by atoms with van der Waals surface area (Å²) in [5.41, 5.74) is 18.1. The van der Waals surface area contributed by atoms with E-state index in [1.165, 1.54) is 66.8 Å². The van der Waals surface area contributed by atoms with Crippen molar-refractivity contribution in [2.75, 3.05) is 52.9 Å². The highest BCUT2D eigenvalue weighted by Crippen LogP contribution is 2.58. The van der Waals surface area contributed by atoms with Crippen molar-refractivity contribution in [3.05, 3.63) is 238 Å². The summed E-state index contributed by atoms with van der Waals surface area (Å²) in [6.45, 7) is 6.46. The van der Waals surface area contributed by atoms with Gasteiger partial charge in [-0.15, -0.1) is 0 Å². The Kier molecular flexibility index (Phi) is 12.1. The SMILES string of the molecule is Cc1cc(C2(c3ccc(-c4ccc(C5(c6ccc(OCCOCCO)c(C)c6)c6ccccc6-c6ccccc65)cc4)cc3)c3ccccc3-c3ccccc32)ccc1OCCOCCO. The fraction of sp³-hybridized carbons (Fsp3) is 0.200. The minimum atomic E-state index is -0.550. The fourth-order valence-electron chi connectivity index (χ4n) is 10.7. The van der Waals surface area contributed by atoms with Gasteiger partial charge in [0.15, 0.2) is 0 Å². The highest BCUT2D eigenvalue weighted by Gasteiger charge is 2.47. The van der Waals surface area contributed by atoms with E-state index in [1.807, 2.05) is 0 Å². The molecular weight excluding hydrogens is 817 g/mol. The molecule has 0 aliphatic heterocycles. The zero-order chi connectivity index (χ0) is 45.1. The third-order valence-electron chi connectivity index (χ3n) is 13.5. The van der Waals surface area contributed by atoms with Gasteiger partial charge in [0.1, 0.15) is 24.7 Å². The Labute approximate surface area is 387 Å². The Morgan fingerprint density at radius 3 is 0.985 bits per heavy atom. The Morgan fingerprint density at radius 2 is 0.667 bits per heavy atom. The molecular formula is C60H54O6. The van der Waals surface area contributed by atoms with Gasteiger partial charge < -0.3 is 29.2 Å². The molecule has 10 rings (SSSR count). The van der Waals surface area contributed by atoms with E-state index in [2.05, 4.69) is 196 Å². The fourth-order valence-corrected chi connectivity index (χ4v) is 10.7. The van der Waals surface area contributed by atoms with Gasteiger partial charge in [0.2, 0.25) is 0 Å². The quantitative estimate of drug-likeness (QED) is 0.0888. The van der Waals surface area contributed by atoms with Crippen LogP contribution in [0.3, 0.4) is 0 Å². The molecule has 0 bridgehead atoms. The first-order chi connectivity index (χ1) is 32.5. The molecule has 0 saturated carbocycles. The van der Waals surface area contributed by atoms with E-state index < -0.39 is 10.8 Å². The number of hydrogen-bond acceptors (Lipinski definition) is 6. The molecule has 6 heteroatoms. The zero-order valence-corrected chi connectivity index (χ0v) is 37.5. The van der Waals surface area contributed by atoms with Gasteiger partial charge in [0, 0.05) is 0 Å². The number of aliphatic hydroxyl groups excluding tert-OH is 2. The summed E-state index contributed by atoms with van der Waals surface area (Å²) < 4.78 is 23.2. The molecule has 0 amide bonds. The first-order valence-electron chi connectivity index (χ1n) is 23.0. The molecule has 2 aliphatic rings. The van der Waals surface area contributed by atoms with Gasteiger partial charge >= 0.3 is 0 Å². The molecule has 0 spiro atoms. The molecule has 0 unspecified atom stereocenters. The van der Waals surface area contributed by atoms with Crippen LogP contribution in [-0.4, -0.2) is 63.1 Å². The number of ether oxygens (including phenoxy) is 4. The summed E-state index contributed by atoms with van der Waals surface area (Å²) in [6.07, 6.45) is 0. The molecule has 0 fully saturated rings. The van der Waals surface area contributed by atoms with Crippen molar-refractivity contribution in [2.24, 2.45) is 0 Å². The van der Waals surface area contributed by atoms with E-state index in [4.69, 9.17) is 29.2 Å². The van der Waals surface area contributed by atoms with Crippen molar-refractivity contribution in [1.82, 2.24) is 0 Å². The van der Waals surface area contributed by atoms with Crippen LogP contribution >= 0.6 is 0 Å². The normalized spacial score (nSPS) is 13.7. The third-order valence-corrected chi connectivity index (χ3v) is 13.5. The Balaban J connectivity index is 1.03. The van der Waals surface area contributed by atoms with Crippen LogP contribution in [0.5, 0.6) is 11.5 Å². The van der Waals surface area contributed by atoms with Crippen molar-refractivity contribution in [3.8, 4) is 44.9 Å². The number of fused-ring (bicyclic) bond motifs is 6. The molecule has 0 saturated heterocycles. The van der Waals surface area contributed by atoms with Crippen molar-refractivity contribution in [3.63, 3.8) is 0 Å². The first kappa shape index (κ1) is 43.1. The highest BCUT2D eigenvalue weighted by molar-refractivity contribution is 5.88. The number of aryl methyl sites for hydroxylation is 2. The maximum atomic E-state index is 9.11. The second-order valence-electron chi connectivity index (χ2n) is 17.2. The number of aliphatic hydroxyl groups is 2. The lowest BCUT2D eigenvalue weighted by Crippen LogP contribution is -2.29. The lowest BCUT2D eigenvalue weighted by molar-refractivity contribution is 0.0703. The minimum absolute atomic E-state index is 0.00384. The Bertz CT molecular complexity index is 2690. The topological polar surface area (TPSA) is 77.4 Å². The van der Waals surface area contributed by atoms with Crippen molar-refractivity contribution < 1.29 is 29.2 Å². The first-order valence-corrected chi connectivity index (χ1v) is 23.0. The number of benzene rings is 8. The van der Waals surface area contributed by atoms with Gasteiger partial charge in [-0.05, 0) is 115 Å². The largest absolute Gasteiger partial charge is 0.491 e. The average Bonchev–Trinajstić information content (AvgIpc) is 3.84. The van der Waals surface area contributed by atoms with Crippen molar-refractivity contribution >= 4 is 0 Å². The van der Waals surface area contributed by atoms with Crippen LogP contribution in [0.25, 0.3) is 33.4 Å². The van der Waals surface area contributed by atoms with Gasteiger partial charge in [0.25, 0.3) is 0 Å². The van der Waals surface area contributed by atoms with Crippen LogP contribution in [0.1, 0.15) is 55.6 Å². The van der Waals surface area contributed by atoms with Gasteiger partial charge in [-0.1, -0.05) is 170 Å². The summed E-state index contributed by atoms with van der Waals surface area (Å²) in [6, 6.07) is 66.8. The smallest absolute Gasteiger partial charge is 0.122 e. The third kappa shape index (κ3) is 7.31. The van der Waals surface area contributed by atoms with Crippen LogP contribution in [0.2, 0.25) is 0 Å². The van der Waals surface area contributed by atoms with E-state index in [9.17, 15) is 0 Å². The minimum Gasteiger partial charge on any atom is -0.491 e. The summed E-state index contributed by atoms with van der Waals surface area (Å²) in [5.74, 6) is 1.65. The van der Waals surface area contributed by atoms with E-state index in [0.29, 0.717) is 39.6 Å². The molecule has 8 aromatic carbocycles. The van der Waals surface area contributed by atoms with E-state index in [-0.39, 0.29) is 13.2 Å². The van der Waals surface area contributed by atoms with Crippen molar-refractivity contribution in [2.45, 2.75) is 24.7 Å². The van der Waals surface area contributed by atoms with Crippen LogP contribution in [0, 0.1) is 13.8 Å². The summed E-state index contributed by atoms with van der Waals surface area (Å²) in [4.78, 5) is 0. The van der Waals surface area contributed by atoms with Crippen LogP contribution in [0.15, 0.2) is 182 Å². The lowest BCUT2D eigenvalue weighted by atomic mass is 9.67. The van der Waals surface area contributed by atoms with Gasteiger partial charge in [0.05, 0.1) is 50.5 Å². The van der Waals surface area contributed by atoms with Gasteiger partial charge in [-0.2, -0.15) is 0 Å². The van der Waals surface area contributed by atoms with Crippen LogP contribution in [-0.2, 0) is 20.3 Å². The average molecular weight is 871 g/mol. The molecule has 66 heavy (non-hydrogen) atoms. The van der Waals surface area contributed by atoms with Gasteiger partial charge in [-0.25, -0.2) is 0 Å². The summed E-state index contributed by atoms with van der Waals surface area (Å²) in [5, 5.41) is 18.2. The Morgan fingerprint density at radius 1 is 0.348 bits per heavy atom. The number of rotatable bonds is 17. The molecule has 0 heterocycles. The monoisotopic (exact) mass is 870 g/mol. The molecule has 6 nitrogen and oxygen atoms in total. The molecule has 2 aliphatic carbocycles. The van der Waals surface area contributed by atoms with Gasteiger partial charge in [-0.3, -0.25) is 0 Å². The molecule has 0 aromatic heterocycles. The number of hydrogen-bond donors (Lipinski definition) is 2.